The number of ether oxygens (including phenoxy) is 1. The van der Waals surface area contributed by atoms with Crippen molar-refractivity contribution in [2.45, 2.75) is 18.7 Å². The van der Waals surface area contributed by atoms with Crippen molar-refractivity contribution in [2.75, 3.05) is 7.11 Å². The number of hydrogen-bond donors (Lipinski definition) is 1. The summed E-state index contributed by atoms with van der Waals surface area (Å²) in [6, 6.07) is 14.6. The van der Waals surface area contributed by atoms with Crippen LogP contribution in [0, 0.1) is 19.7 Å². The number of hydrogen-bond acceptors (Lipinski definition) is 6. The van der Waals surface area contributed by atoms with Crippen molar-refractivity contribution < 1.29 is 26.5 Å². The highest BCUT2D eigenvalue weighted by molar-refractivity contribution is 7.87. The molecule has 0 atom stereocenters. The number of aryl methyl sites for hydroxylation is 2. The maximum Gasteiger partial charge on any atom is 0.339 e. The van der Waals surface area contributed by atoms with Crippen LogP contribution >= 0.6 is 0 Å². The number of amides is 1. The predicted molar refractivity (Wildman–Crippen MR) is 118 cm³/mol. The second-order valence-corrected chi connectivity index (χ2v) is 8.44. The van der Waals surface area contributed by atoms with Gasteiger partial charge in [-0.2, -0.15) is 13.5 Å². The average molecular weight is 456 g/mol. The SMILES string of the molecule is COc1cc(C=NNC(=O)c2ccc(F)cc2)ccc1OS(=O)(=O)c1cc(C)ccc1C. The third kappa shape index (κ3) is 5.50. The van der Waals surface area contributed by atoms with E-state index in [9.17, 15) is 17.6 Å². The highest BCUT2D eigenvalue weighted by Gasteiger charge is 2.21. The van der Waals surface area contributed by atoms with Gasteiger partial charge >= 0.3 is 10.1 Å². The van der Waals surface area contributed by atoms with Crippen LogP contribution in [0.5, 0.6) is 11.5 Å². The first-order valence-electron chi connectivity index (χ1n) is 9.48. The minimum atomic E-state index is -4.07. The van der Waals surface area contributed by atoms with Crippen LogP contribution in [0.15, 0.2) is 70.7 Å². The van der Waals surface area contributed by atoms with Gasteiger partial charge in [0, 0.05) is 5.56 Å². The Morgan fingerprint density at radius 2 is 1.72 bits per heavy atom. The lowest BCUT2D eigenvalue weighted by Gasteiger charge is -2.13. The molecule has 1 N–H and O–H groups in total. The molecule has 32 heavy (non-hydrogen) atoms. The van der Waals surface area contributed by atoms with Crippen LogP contribution in [0.1, 0.15) is 27.0 Å². The quantitative estimate of drug-likeness (QED) is 0.330. The van der Waals surface area contributed by atoms with E-state index >= 15 is 0 Å². The Balaban J connectivity index is 1.75. The van der Waals surface area contributed by atoms with Crippen LogP contribution < -0.4 is 14.3 Å². The Morgan fingerprint density at radius 3 is 2.41 bits per heavy atom. The Hall–Kier alpha value is -3.72. The zero-order valence-corrected chi connectivity index (χ0v) is 18.4. The molecule has 0 radical (unpaired) electrons. The molecule has 0 aliphatic carbocycles. The second-order valence-electron chi connectivity index (χ2n) is 6.92. The van der Waals surface area contributed by atoms with Crippen molar-refractivity contribution in [3.05, 3.63) is 88.7 Å². The fourth-order valence-electron chi connectivity index (χ4n) is 2.80. The number of carbonyl (C=O) groups is 1. The molecule has 7 nitrogen and oxygen atoms in total. The average Bonchev–Trinajstić information content (AvgIpc) is 2.76. The summed E-state index contributed by atoms with van der Waals surface area (Å²) < 4.78 is 49.0. The van der Waals surface area contributed by atoms with Gasteiger partial charge < -0.3 is 8.92 Å². The molecular weight excluding hydrogens is 435 g/mol. The highest BCUT2D eigenvalue weighted by Crippen LogP contribution is 2.31. The normalized spacial score (nSPS) is 11.4. The number of carbonyl (C=O) groups excluding carboxylic acids is 1. The molecule has 0 saturated carbocycles. The number of benzene rings is 3. The van der Waals surface area contributed by atoms with Gasteiger partial charge in [0.05, 0.1) is 13.3 Å². The lowest BCUT2D eigenvalue weighted by Crippen LogP contribution is -2.17. The van der Waals surface area contributed by atoms with Crippen LogP contribution in [0.3, 0.4) is 0 Å². The molecule has 0 aliphatic heterocycles. The lowest BCUT2D eigenvalue weighted by molar-refractivity contribution is 0.0955. The first kappa shape index (κ1) is 23.0. The third-order valence-corrected chi connectivity index (χ3v) is 5.86. The first-order chi connectivity index (χ1) is 15.2. The van der Waals surface area contributed by atoms with Crippen molar-refractivity contribution >= 4 is 22.2 Å². The summed E-state index contributed by atoms with van der Waals surface area (Å²) in [7, 11) is -2.69. The molecule has 3 aromatic rings. The summed E-state index contributed by atoms with van der Waals surface area (Å²) in [4.78, 5) is 12.1. The standard InChI is InChI=1S/C23H21FN2O5S/c1-15-4-5-16(2)22(12-15)32(28,29)31-20-11-6-17(13-21(20)30-3)14-25-26-23(27)18-7-9-19(24)10-8-18/h4-14H,1-3H3,(H,26,27). The summed E-state index contributed by atoms with van der Waals surface area (Å²) in [6.45, 7) is 3.48. The maximum atomic E-state index is 12.9. The molecule has 1 amide bonds. The van der Waals surface area contributed by atoms with E-state index in [-0.39, 0.29) is 22.0 Å². The lowest BCUT2D eigenvalue weighted by atomic mass is 10.2. The molecule has 0 aromatic heterocycles. The molecule has 0 heterocycles. The first-order valence-corrected chi connectivity index (χ1v) is 10.9. The van der Waals surface area contributed by atoms with Gasteiger partial charge in [-0.05, 0) is 79.1 Å². The highest BCUT2D eigenvalue weighted by atomic mass is 32.2. The fourth-order valence-corrected chi connectivity index (χ4v) is 4.06. The monoisotopic (exact) mass is 456 g/mol. The van der Waals surface area contributed by atoms with Gasteiger partial charge in [-0.15, -0.1) is 0 Å². The molecule has 9 heteroatoms. The minimum Gasteiger partial charge on any atom is -0.493 e. The molecule has 0 unspecified atom stereocenters. The predicted octanol–water partition coefficient (Wildman–Crippen LogP) is 3.98. The summed E-state index contributed by atoms with van der Waals surface area (Å²) in [5.41, 5.74) is 4.46. The van der Waals surface area contributed by atoms with Gasteiger partial charge in [0.15, 0.2) is 11.5 Å². The summed E-state index contributed by atoms with van der Waals surface area (Å²) in [5.74, 6) is -0.764. The molecule has 0 spiro atoms. The number of methoxy groups -OCH3 is 1. The van der Waals surface area contributed by atoms with Gasteiger partial charge in [-0.1, -0.05) is 12.1 Å². The van der Waals surface area contributed by atoms with Crippen LogP contribution in [0.25, 0.3) is 0 Å². The summed E-state index contributed by atoms with van der Waals surface area (Å²) in [6.07, 6.45) is 1.35. The molecular formula is C23H21FN2O5S. The molecule has 3 aromatic carbocycles. The molecule has 0 fully saturated rings. The summed E-state index contributed by atoms with van der Waals surface area (Å²) >= 11 is 0. The van der Waals surface area contributed by atoms with Crippen LogP contribution in [-0.2, 0) is 10.1 Å². The van der Waals surface area contributed by atoms with E-state index in [0.717, 1.165) is 5.56 Å². The molecule has 0 saturated heterocycles. The maximum absolute atomic E-state index is 12.9. The number of nitrogens with zero attached hydrogens (tertiary/aromatic N) is 1. The van der Waals surface area contributed by atoms with Crippen LogP contribution in [0.2, 0.25) is 0 Å². The van der Waals surface area contributed by atoms with E-state index in [0.29, 0.717) is 11.1 Å². The van der Waals surface area contributed by atoms with Crippen molar-refractivity contribution in [1.29, 1.82) is 0 Å². The van der Waals surface area contributed by atoms with E-state index in [2.05, 4.69) is 10.5 Å². The van der Waals surface area contributed by atoms with E-state index in [1.165, 1.54) is 49.7 Å². The van der Waals surface area contributed by atoms with E-state index in [4.69, 9.17) is 8.92 Å². The van der Waals surface area contributed by atoms with Crippen molar-refractivity contribution in [3.63, 3.8) is 0 Å². The fraction of sp³-hybridized carbons (Fsp3) is 0.130. The molecule has 0 bridgehead atoms. The van der Waals surface area contributed by atoms with Crippen molar-refractivity contribution in [3.8, 4) is 11.5 Å². The van der Waals surface area contributed by atoms with Gasteiger partial charge in [0.25, 0.3) is 5.91 Å². The molecule has 0 aliphatic rings. The van der Waals surface area contributed by atoms with Crippen molar-refractivity contribution in [1.82, 2.24) is 5.43 Å². The smallest absolute Gasteiger partial charge is 0.339 e. The topological polar surface area (TPSA) is 94.1 Å². The van der Waals surface area contributed by atoms with Gasteiger partial charge in [-0.25, -0.2) is 9.82 Å². The Kier molecular flexibility index (Phi) is 6.89. The van der Waals surface area contributed by atoms with E-state index in [1.54, 1.807) is 32.0 Å². The van der Waals surface area contributed by atoms with E-state index in [1.807, 2.05) is 6.07 Å². The van der Waals surface area contributed by atoms with Gasteiger partial charge in [-0.3, -0.25) is 4.79 Å². The Morgan fingerprint density at radius 1 is 1.00 bits per heavy atom. The third-order valence-electron chi connectivity index (χ3n) is 4.49. The molecule has 166 valence electrons. The van der Waals surface area contributed by atoms with Crippen LogP contribution in [-0.4, -0.2) is 27.6 Å². The zero-order chi connectivity index (χ0) is 23.3. The zero-order valence-electron chi connectivity index (χ0n) is 17.6. The minimum absolute atomic E-state index is 0.0147. The summed E-state index contributed by atoms with van der Waals surface area (Å²) in [5, 5.41) is 3.86. The second kappa shape index (κ2) is 9.61. The number of halogens is 1. The van der Waals surface area contributed by atoms with Gasteiger partial charge in [0.1, 0.15) is 10.7 Å². The number of nitrogens with one attached hydrogen (secondary N) is 1. The Bertz CT molecular complexity index is 1270. The largest absolute Gasteiger partial charge is 0.493 e. The van der Waals surface area contributed by atoms with Gasteiger partial charge in [0.2, 0.25) is 0 Å². The van der Waals surface area contributed by atoms with Crippen molar-refractivity contribution in [2.24, 2.45) is 5.10 Å². The number of rotatable bonds is 7. The Labute approximate surface area is 185 Å². The molecule has 3 rings (SSSR count). The van der Waals surface area contributed by atoms with Crippen LogP contribution in [0.4, 0.5) is 4.39 Å². The number of hydrazone groups is 1. The van der Waals surface area contributed by atoms with E-state index < -0.39 is 21.8 Å².